The van der Waals surface area contributed by atoms with Crippen molar-refractivity contribution in [3.05, 3.63) is 82.5 Å². The quantitative estimate of drug-likeness (QED) is 0.266. The number of hydrogen-bond acceptors (Lipinski definition) is 3. The van der Waals surface area contributed by atoms with E-state index in [2.05, 4.69) is 108 Å². The van der Waals surface area contributed by atoms with Crippen LogP contribution in [0.15, 0.2) is 54.6 Å². The van der Waals surface area contributed by atoms with Gasteiger partial charge >= 0.3 is 0 Å². The molecule has 0 aliphatic rings. The average Bonchev–Trinajstić information content (AvgIpc) is 2.86. The Hall–Kier alpha value is -2.65. The van der Waals surface area contributed by atoms with Crippen LogP contribution in [0.1, 0.15) is 82.3 Å². The molecular formula is C32H44N2O. The van der Waals surface area contributed by atoms with Crippen LogP contribution < -0.4 is 4.74 Å². The number of ether oxygens (including phenoxy) is 1. The molecule has 0 radical (unpaired) electrons. The molecule has 0 spiro atoms. The van der Waals surface area contributed by atoms with Crippen molar-refractivity contribution >= 4 is 0 Å². The van der Waals surface area contributed by atoms with Gasteiger partial charge in [-0.15, -0.1) is 0 Å². The normalized spacial score (nSPS) is 11.6. The summed E-state index contributed by atoms with van der Waals surface area (Å²) in [6.45, 7) is 17.2. The molecule has 0 saturated carbocycles. The summed E-state index contributed by atoms with van der Waals surface area (Å²) in [6, 6.07) is 20.1. The summed E-state index contributed by atoms with van der Waals surface area (Å²) in [7, 11) is 0. The van der Waals surface area contributed by atoms with Gasteiger partial charge in [0.05, 0.1) is 11.8 Å². The molecule has 35 heavy (non-hydrogen) atoms. The highest BCUT2D eigenvalue weighted by atomic mass is 16.5. The lowest BCUT2D eigenvalue weighted by Gasteiger charge is -2.32. The van der Waals surface area contributed by atoms with Crippen molar-refractivity contribution in [2.24, 2.45) is 0 Å². The van der Waals surface area contributed by atoms with E-state index in [0.29, 0.717) is 6.04 Å². The average molecular weight is 473 g/mol. The van der Waals surface area contributed by atoms with Crippen LogP contribution in [0.3, 0.4) is 0 Å². The first kappa shape index (κ1) is 26.9. The van der Waals surface area contributed by atoms with E-state index in [1.165, 1.54) is 27.8 Å². The molecule has 0 fully saturated rings. The van der Waals surface area contributed by atoms with Crippen LogP contribution in [-0.2, 0) is 25.9 Å². The molecule has 3 nitrogen and oxygen atoms in total. The van der Waals surface area contributed by atoms with E-state index in [0.717, 1.165) is 55.9 Å². The number of aromatic nitrogens is 1. The summed E-state index contributed by atoms with van der Waals surface area (Å²) >= 11 is 0. The van der Waals surface area contributed by atoms with Gasteiger partial charge in [0.2, 0.25) is 0 Å². The standard InChI is InChI=1S/C32H44N2O/c1-8-26-18-15-19-27(9-2)32(26)30-20-31(35-23(5)6)29(24(7)33-30)22-34(28(10-3)11-4)21-25-16-13-12-14-17-25/h12-20,23,28H,8-11,21-22H2,1-7H3. The van der Waals surface area contributed by atoms with Gasteiger partial charge in [0.1, 0.15) is 5.75 Å². The fourth-order valence-electron chi connectivity index (χ4n) is 5.06. The lowest BCUT2D eigenvalue weighted by molar-refractivity contribution is 0.162. The van der Waals surface area contributed by atoms with Gasteiger partial charge in [0.25, 0.3) is 0 Å². The summed E-state index contributed by atoms with van der Waals surface area (Å²) in [4.78, 5) is 7.79. The molecule has 1 aromatic heterocycles. The molecular weight excluding hydrogens is 428 g/mol. The molecule has 0 atom stereocenters. The molecule has 188 valence electrons. The lowest BCUT2D eigenvalue weighted by Crippen LogP contribution is -2.34. The number of pyridine rings is 1. The van der Waals surface area contributed by atoms with Crippen molar-refractivity contribution in [1.29, 1.82) is 0 Å². The Morgan fingerprint density at radius 2 is 1.46 bits per heavy atom. The van der Waals surface area contributed by atoms with Crippen molar-refractivity contribution in [3.63, 3.8) is 0 Å². The number of aryl methyl sites for hydroxylation is 3. The Morgan fingerprint density at radius 1 is 0.829 bits per heavy atom. The predicted molar refractivity (Wildman–Crippen MR) is 149 cm³/mol. The zero-order valence-corrected chi connectivity index (χ0v) is 22.9. The summed E-state index contributed by atoms with van der Waals surface area (Å²) in [5.74, 6) is 0.972. The fourth-order valence-corrected chi connectivity index (χ4v) is 5.06. The molecule has 0 aliphatic heterocycles. The predicted octanol–water partition coefficient (Wildman–Crippen LogP) is 8.16. The van der Waals surface area contributed by atoms with E-state index < -0.39 is 0 Å². The van der Waals surface area contributed by atoms with Crippen LogP contribution in [0.5, 0.6) is 5.75 Å². The van der Waals surface area contributed by atoms with Gasteiger partial charge < -0.3 is 4.74 Å². The van der Waals surface area contributed by atoms with Crippen molar-refractivity contribution < 1.29 is 4.74 Å². The van der Waals surface area contributed by atoms with E-state index in [1.54, 1.807) is 0 Å². The highest BCUT2D eigenvalue weighted by Crippen LogP contribution is 2.34. The zero-order valence-electron chi connectivity index (χ0n) is 22.9. The number of nitrogens with zero attached hydrogens (tertiary/aromatic N) is 2. The molecule has 0 bridgehead atoms. The molecule has 3 aromatic rings. The van der Waals surface area contributed by atoms with Crippen molar-refractivity contribution in [2.45, 2.75) is 99.4 Å². The largest absolute Gasteiger partial charge is 0.491 e. The second kappa shape index (κ2) is 12.9. The first-order valence-electron chi connectivity index (χ1n) is 13.5. The van der Waals surface area contributed by atoms with Crippen LogP contribution in [0.25, 0.3) is 11.3 Å². The molecule has 0 N–H and O–H groups in total. The Labute approximate surface area is 213 Å². The molecule has 3 rings (SSSR count). The third-order valence-electron chi connectivity index (χ3n) is 6.96. The Balaban J connectivity index is 2.09. The molecule has 0 aliphatic carbocycles. The van der Waals surface area contributed by atoms with E-state index >= 15 is 0 Å². The van der Waals surface area contributed by atoms with Crippen LogP contribution in [0, 0.1) is 6.92 Å². The number of hydrogen-bond donors (Lipinski definition) is 0. The number of benzene rings is 2. The Kier molecular flexibility index (Phi) is 9.92. The van der Waals surface area contributed by atoms with Crippen LogP contribution in [-0.4, -0.2) is 22.0 Å². The maximum atomic E-state index is 6.47. The van der Waals surface area contributed by atoms with Gasteiger partial charge in [-0.05, 0) is 63.1 Å². The zero-order chi connectivity index (χ0) is 25.4. The number of rotatable bonds is 12. The minimum absolute atomic E-state index is 0.103. The van der Waals surface area contributed by atoms with Gasteiger partial charge in [0, 0.05) is 42.0 Å². The molecule has 1 heterocycles. The second-order valence-electron chi connectivity index (χ2n) is 9.76. The van der Waals surface area contributed by atoms with Gasteiger partial charge in [-0.2, -0.15) is 0 Å². The summed E-state index contributed by atoms with van der Waals surface area (Å²) < 4.78 is 6.47. The molecule has 0 saturated heterocycles. The van der Waals surface area contributed by atoms with Gasteiger partial charge in [-0.1, -0.05) is 76.2 Å². The van der Waals surface area contributed by atoms with Gasteiger partial charge in [-0.3, -0.25) is 9.88 Å². The summed E-state index contributed by atoms with van der Waals surface area (Å²) in [5, 5.41) is 0. The van der Waals surface area contributed by atoms with E-state index in [9.17, 15) is 0 Å². The first-order valence-corrected chi connectivity index (χ1v) is 13.5. The van der Waals surface area contributed by atoms with E-state index in [-0.39, 0.29) is 6.10 Å². The Bertz CT molecular complexity index is 1050. The van der Waals surface area contributed by atoms with Crippen molar-refractivity contribution in [1.82, 2.24) is 9.88 Å². The summed E-state index contributed by atoms with van der Waals surface area (Å²) in [6.07, 6.45) is 4.33. The summed E-state index contributed by atoms with van der Waals surface area (Å²) in [5.41, 5.74) is 8.63. The molecule has 0 unspecified atom stereocenters. The van der Waals surface area contributed by atoms with Crippen molar-refractivity contribution in [2.75, 3.05) is 0 Å². The van der Waals surface area contributed by atoms with E-state index in [4.69, 9.17) is 9.72 Å². The van der Waals surface area contributed by atoms with Crippen molar-refractivity contribution in [3.8, 4) is 17.0 Å². The van der Waals surface area contributed by atoms with Crippen LogP contribution >= 0.6 is 0 Å². The second-order valence-corrected chi connectivity index (χ2v) is 9.76. The SMILES string of the molecule is CCc1cccc(CC)c1-c1cc(OC(C)C)c(CN(Cc2ccccc2)C(CC)CC)c(C)n1. The van der Waals surface area contributed by atoms with Crippen LogP contribution in [0.2, 0.25) is 0 Å². The topological polar surface area (TPSA) is 25.4 Å². The maximum Gasteiger partial charge on any atom is 0.128 e. The fraction of sp³-hybridized carbons (Fsp3) is 0.469. The van der Waals surface area contributed by atoms with Crippen LogP contribution in [0.4, 0.5) is 0 Å². The molecule has 3 heteroatoms. The Morgan fingerprint density at radius 3 is 2.00 bits per heavy atom. The lowest BCUT2D eigenvalue weighted by atomic mass is 9.94. The third-order valence-corrected chi connectivity index (χ3v) is 6.96. The molecule has 2 aromatic carbocycles. The minimum atomic E-state index is 0.103. The van der Waals surface area contributed by atoms with Gasteiger partial charge in [0.15, 0.2) is 0 Å². The molecule has 0 amide bonds. The van der Waals surface area contributed by atoms with E-state index in [1.807, 2.05) is 0 Å². The maximum absolute atomic E-state index is 6.47. The monoisotopic (exact) mass is 472 g/mol. The minimum Gasteiger partial charge on any atom is -0.491 e. The third kappa shape index (κ3) is 6.73. The smallest absolute Gasteiger partial charge is 0.128 e. The highest BCUT2D eigenvalue weighted by Gasteiger charge is 2.22. The first-order chi connectivity index (χ1) is 16.9. The highest BCUT2D eigenvalue weighted by molar-refractivity contribution is 5.70. The van der Waals surface area contributed by atoms with Gasteiger partial charge in [-0.25, -0.2) is 0 Å².